The van der Waals surface area contributed by atoms with Gasteiger partial charge >= 0.3 is 0 Å². The van der Waals surface area contributed by atoms with Gasteiger partial charge in [0.25, 0.3) is 0 Å². The summed E-state index contributed by atoms with van der Waals surface area (Å²) in [6, 6.07) is 20.1. The van der Waals surface area contributed by atoms with E-state index in [1.807, 2.05) is 48.5 Å². The van der Waals surface area contributed by atoms with E-state index in [-0.39, 0.29) is 10.4 Å². The maximum atomic E-state index is 14.4. The van der Waals surface area contributed by atoms with E-state index in [4.69, 9.17) is 12.2 Å². The first-order chi connectivity index (χ1) is 12.9. The maximum absolute atomic E-state index is 14.4. The molecule has 4 heteroatoms. The number of carbonyl (C=O) groups excluding carboxylic acids is 1. The van der Waals surface area contributed by atoms with E-state index in [1.54, 1.807) is 0 Å². The minimum atomic E-state index is -3.32. The second kappa shape index (κ2) is 8.57. The van der Waals surface area contributed by atoms with E-state index >= 15 is 0 Å². The molecule has 2 aromatic carbocycles. The van der Waals surface area contributed by atoms with E-state index in [9.17, 15) is 4.79 Å². The standard InChI is InChI=1S/C23H33NOS2/c1-6-24(7-2)23(26)27(8-3,19(4)5,21-17-13-10-14-18-21)22(25)20-15-11-9-12-16-20/h9-19,27H,6-8H2,1-5H3. The molecular formula is C23H33NOS2. The molecule has 0 saturated carbocycles. The Balaban J connectivity index is 2.96. The Morgan fingerprint density at radius 3 is 1.81 bits per heavy atom. The molecule has 2 aromatic rings. The molecule has 0 N–H and O–H groups in total. The molecule has 0 aromatic heterocycles. The third kappa shape index (κ3) is 3.13. The topological polar surface area (TPSA) is 20.3 Å². The van der Waals surface area contributed by atoms with Gasteiger partial charge in [-0.2, -0.15) is 9.16 Å². The summed E-state index contributed by atoms with van der Waals surface area (Å²) in [5.74, 6) is 0.746. The van der Waals surface area contributed by atoms with Crippen LogP contribution in [0.3, 0.4) is 0 Å². The van der Waals surface area contributed by atoms with Gasteiger partial charge in [0, 0.05) is 18.7 Å². The highest BCUT2D eigenvalue weighted by molar-refractivity contribution is 8.72. The Kier molecular flexibility index (Phi) is 6.87. The summed E-state index contributed by atoms with van der Waals surface area (Å²) >= 11 is 6.22. The van der Waals surface area contributed by atoms with Crippen LogP contribution in [-0.4, -0.2) is 38.4 Å². The molecule has 0 unspecified atom stereocenters. The molecule has 0 atom stereocenters. The van der Waals surface area contributed by atoms with Gasteiger partial charge < -0.3 is 4.90 Å². The van der Waals surface area contributed by atoms with Gasteiger partial charge in [-0.15, -0.1) is 0 Å². The molecule has 0 radical (unpaired) electrons. The molecule has 0 heterocycles. The number of rotatable bonds is 6. The molecule has 0 fully saturated rings. The number of hydrogen-bond acceptors (Lipinski definition) is 2. The van der Waals surface area contributed by atoms with Crippen molar-refractivity contribution in [2.75, 3.05) is 18.8 Å². The van der Waals surface area contributed by atoms with Crippen molar-refractivity contribution in [3.8, 4) is 0 Å². The van der Waals surface area contributed by atoms with Crippen molar-refractivity contribution >= 4 is 30.8 Å². The van der Waals surface area contributed by atoms with Gasteiger partial charge in [0.1, 0.15) is 4.32 Å². The Morgan fingerprint density at radius 1 is 0.926 bits per heavy atom. The highest BCUT2D eigenvalue weighted by Gasteiger charge is 2.55. The zero-order valence-electron chi connectivity index (χ0n) is 17.2. The van der Waals surface area contributed by atoms with Crippen molar-refractivity contribution in [1.29, 1.82) is 0 Å². The van der Waals surface area contributed by atoms with E-state index in [0.717, 1.165) is 33.6 Å². The molecule has 0 saturated heterocycles. The van der Waals surface area contributed by atoms with Crippen molar-refractivity contribution in [3.63, 3.8) is 0 Å². The quantitative estimate of drug-likeness (QED) is 0.471. The first-order valence-electron chi connectivity index (χ1n) is 9.86. The van der Waals surface area contributed by atoms with Crippen molar-refractivity contribution in [1.82, 2.24) is 4.90 Å². The lowest BCUT2D eigenvalue weighted by atomic mass is 10.2. The second-order valence-corrected chi connectivity index (χ2v) is 13.7. The second-order valence-electron chi connectivity index (χ2n) is 7.25. The third-order valence-electron chi connectivity index (χ3n) is 6.10. The number of benzene rings is 2. The van der Waals surface area contributed by atoms with Gasteiger partial charge in [0.05, 0.1) is 0 Å². The summed E-state index contributed by atoms with van der Waals surface area (Å²) in [6.45, 7) is 12.4. The lowest BCUT2D eigenvalue weighted by Crippen LogP contribution is -2.49. The molecule has 0 aliphatic heterocycles. The predicted octanol–water partition coefficient (Wildman–Crippen LogP) is 6.01. The van der Waals surface area contributed by atoms with Crippen LogP contribution >= 0.6 is 21.4 Å². The zero-order chi connectivity index (χ0) is 20.1. The Labute approximate surface area is 170 Å². The largest absolute Gasteiger partial charge is 0.360 e. The molecule has 0 aliphatic rings. The zero-order valence-corrected chi connectivity index (χ0v) is 18.9. The predicted molar refractivity (Wildman–Crippen MR) is 126 cm³/mol. The minimum absolute atomic E-state index is 0.129. The highest BCUT2D eigenvalue weighted by Crippen LogP contribution is 2.80. The SMILES string of the molecule is CCN(CC)C(=S)[SH](CC)(C(=O)c1ccccc1)(c1ccccc1)C(C)C. The summed E-state index contributed by atoms with van der Waals surface area (Å²) in [5.41, 5.74) is 0.768. The maximum Gasteiger partial charge on any atom is 0.196 e. The fourth-order valence-corrected chi connectivity index (χ4v) is 12.5. The van der Waals surface area contributed by atoms with Crippen LogP contribution < -0.4 is 0 Å². The van der Waals surface area contributed by atoms with Crippen molar-refractivity contribution < 1.29 is 4.79 Å². The van der Waals surface area contributed by atoms with Crippen molar-refractivity contribution in [2.24, 2.45) is 0 Å². The smallest absolute Gasteiger partial charge is 0.196 e. The molecule has 148 valence electrons. The third-order valence-corrected chi connectivity index (χ3v) is 15.0. The van der Waals surface area contributed by atoms with Crippen LogP contribution in [0.15, 0.2) is 65.6 Å². The fraction of sp³-hybridized carbons (Fsp3) is 0.391. The summed E-state index contributed by atoms with van der Waals surface area (Å²) in [5, 5.41) is 0.353. The average Bonchev–Trinajstić information content (AvgIpc) is 2.71. The van der Waals surface area contributed by atoms with Gasteiger partial charge in [-0.05, 0) is 29.7 Å². The minimum Gasteiger partial charge on any atom is -0.360 e. The molecule has 2 rings (SSSR count). The number of thiocarbonyl (C=S) groups is 1. The normalized spacial score (nSPS) is 13.0. The van der Waals surface area contributed by atoms with Crippen LogP contribution in [0, 0.1) is 0 Å². The monoisotopic (exact) mass is 403 g/mol. The molecule has 2 nitrogen and oxygen atoms in total. The Morgan fingerprint density at radius 2 is 1.41 bits per heavy atom. The lowest BCUT2D eigenvalue weighted by Gasteiger charge is -2.64. The lowest BCUT2D eigenvalue weighted by molar-refractivity contribution is 0.108. The number of carbonyl (C=O) groups is 1. The van der Waals surface area contributed by atoms with E-state index in [1.165, 1.54) is 0 Å². The van der Waals surface area contributed by atoms with Gasteiger partial charge in [-0.1, -0.05) is 93.7 Å². The Bertz CT molecular complexity index is 787. The van der Waals surface area contributed by atoms with Crippen LogP contribution in [0.25, 0.3) is 0 Å². The van der Waals surface area contributed by atoms with Crippen molar-refractivity contribution in [3.05, 3.63) is 66.2 Å². The highest BCUT2D eigenvalue weighted by atomic mass is 32.3. The van der Waals surface area contributed by atoms with E-state index in [2.05, 4.69) is 51.7 Å². The van der Waals surface area contributed by atoms with E-state index < -0.39 is 9.16 Å². The van der Waals surface area contributed by atoms with Gasteiger partial charge in [-0.3, -0.25) is 4.79 Å². The number of thiol groups is 1. The molecule has 27 heavy (non-hydrogen) atoms. The first-order valence-corrected chi connectivity index (χ1v) is 12.8. The van der Waals surface area contributed by atoms with Crippen LogP contribution in [-0.2, 0) is 0 Å². The molecular weight excluding hydrogens is 370 g/mol. The number of hydrogen-bond donors (Lipinski definition) is 1. The molecule has 0 amide bonds. The van der Waals surface area contributed by atoms with Gasteiger partial charge in [0.15, 0.2) is 5.12 Å². The summed E-state index contributed by atoms with van der Waals surface area (Å²) < 4.78 is 0.864. The Hall–Kier alpha value is -1.65. The molecule has 0 aliphatic carbocycles. The van der Waals surface area contributed by atoms with Gasteiger partial charge in [0.2, 0.25) is 0 Å². The van der Waals surface area contributed by atoms with Crippen LogP contribution in [0.2, 0.25) is 0 Å². The van der Waals surface area contributed by atoms with E-state index in [0.29, 0.717) is 0 Å². The first kappa shape index (κ1) is 21.6. The number of nitrogens with zero attached hydrogens (tertiary/aromatic N) is 1. The average molecular weight is 404 g/mol. The fourth-order valence-electron chi connectivity index (χ4n) is 4.36. The summed E-state index contributed by atoms with van der Waals surface area (Å²) in [7, 11) is -3.32. The van der Waals surface area contributed by atoms with Gasteiger partial charge in [-0.25, -0.2) is 0 Å². The molecule has 0 spiro atoms. The van der Waals surface area contributed by atoms with Crippen LogP contribution in [0.4, 0.5) is 0 Å². The summed E-state index contributed by atoms with van der Waals surface area (Å²) in [4.78, 5) is 17.7. The van der Waals surface area contributed by atoms with Crippen LogP contribution in [0.1, 0.15) is 45.0 Å². The summed E-state index contributed by atoms with van der Waals surface area (Å²) in [6.07, 6.45) is 0. The van der Waals surface area contributed by atoms with Crippen molar-refractivity contribution in [2.45, 2.75) is 44.8 Å². The van der Waals surface area contributed by atoms with Crippen LogP contribution in [0.5, 0.6) is 0 Å². The molecule has 0 bridgehead atoms.